The van der Waals surface area contributed by atoms with Crippen LogP contribution in [0.1, 0.15) is 28.4 Å². The minimum Gasteiger partial charge on any atom is -0.336 e. The molecule has 2 amide bonds. The van der Waals surface area contributed by atoms with Crippen LogP contribution >= 0.6 is 0 Å². The van der Waals surface area contributed by atoms with E-state index in [4.69, 9.17) is 0 Å². The highest BCUT2D eigenvalue weighted by molar-refractivity contribution is 5.96. The molecular formula is C21H25N3O2. The quantitative estimate of drug-likeness (QED) is 0.921. The maximum atomic E-state index is 12.7. The summed E-state index contributed by atoms with van der Waals surface area (Å²) in [5.41, 5.74) is 3.85. The van der Waals surface area contributed by atoms with Gasteiger partial charge in [0.15, 0.2) is 0 Å². The molecular weight excluding hydrogens is 326 g/mol. The molecule has 0 unspecified atom stereocenters. The van der Waals surface area contributed by atoms with Gasteiger partial charge in [-0.1, -0.05) is 35.9 Å². The van der Waals surface area contributed by atoms with Crippen LogP contribution in [-0.4, -0.2) is 47.8 Å². The van der Waals surface area contributed by atoms with E-state index in [9.17, 15) is 9.59 Å². The Balaban J connectivity index is 1.57. The van der Waals surface area contributed by atoms with Crippen LogP contribution in [0.4, 0.5) is 5.69 Å². The van der Waals surface area contributed by atoms with Gasteiger partial charge in [0.05, 0.1) is 0 Å². The lowest BCUT2D eigenvalue weighted by Crippen LogP contribution is -2.48. The van der Waals surface area contributed by atoms with E-state index in [-0.39, 0.29) is 11.8 Å². The van der Waals surface area contributed by atoms with Crippen LogP contribution in [0.15, 0.2) is 48.5 Å². The van der Waals surface area contributed by atoms with Crippen molar-refractivity contribution in [1.82, 2.24) is 9.80 Å². The predicted molar refractivity (Wildman–Crippen MR) is 103 cm³/mol. The van der Waals surface area contributed by atoms with E-state index in [1.165, 1.54) is 18.1 Å². The first-order chi connectivity index (χ1) is 12.5. The number of aryl methyl sites for hydroxylation is 1. The number of carbonyl (C=O) groups is 2. The fraction of sp³-hybridized carbons (Fsp3) is 0.333. The van der Waals surface area contributed by atoms with Gasteiger partial charge < -0.3 is 10.2 Å². The molecule has 0 bridgehead atoms. The van der Waals surface area contributed by atoms with E-state index in [1.54, 1.807) is 24.3 Å². The molecule has 136 valence electrons. The summed E-state index contributed by atoms with van der Waals surface area (Å²) in [7, 11) is 0. The van der Waals surface area contributed by atoms with E-state index in [0.29, 0.717) is 11.3 Å². The predicted octanol–water partition coefficient (Wildman–Crippen LogP) is 2.91. The number of anilines is 1. The Labute approximate surface area is 154 Å². The maximum absolute atomic E-state index is 12.7. The molecule has 3 rings (SSSR count). The lowest BCUT2D eigenvalue weighted by molar-refractivity contribution is -0.114. The number of benzene rings is 2. The molecule has 2 aromatic rings. The highest BCUT2D eigenvalue weighted by atomic mass is 16.2. The Kier molecular flexibility index (Phi) is 5.68. The number of amides is 2. The number of nitrogens with zero attached hydrogens (tertiary/aromatic N) is 2. The van der Waals surface area contributed by atoms with Gasteiger partial charge in [-0.05, 0) is 30.7 Å². The molecule has 0 aromatic heterocycles. The molecule has 1 N–H and O–H groups in total. The molecule has 0 saturated carbocycles. The van der Waals surface area contributed by atoms with Crippen LogP contribution in [0, 0.1) is 6.92 Å². The van der Waals surface area contributed by atoms with Crippen LogP contribution in [-0.2, 0) is 11.3 Å². The summed E-state index contributed by atoms with van der Waals surface area (Å²) in [6.45, 7) is 7.65. The van der Waals surface area contributed by atoms with Gasteiger partial charge in [0, 0.05) is 50.9 Å². The van der Waals surface area contributed by atoms with Gasteiger partial charge in [0.1, 0.15) is 0 Å². The van der Waals surface area contributed by atoms with Gasteiger partial charge >= 0.3 is 0 Å². The van der Waals surface area contributed by atoms with Crippen molar-refractivity contribution >= 4 is 17.5 Å². The number of hydrogen-bond acceptors (Lipinski definition) is 3. The van der Waals surface area contributed by atoms with Crippen molar-refractivity contribution < 1.29 is 9.59 Å². The average Bonchev–Trinajstić information content (AvgIpc) is 2.61. The third-order valence-electron chi connectivity index (χ3n) is 4.58. The lowest BCUT2D eigenvalue weighted by Gasteiger charge is -2.35. The van der Waals surface area contributed by atoms with Gasteiger partial charge in [-0.2, -0.15) is 0 Å². The first-order valence-corrected chi connectivity index (χ1v) is 8.96. The summed E-state index contributed by atoms with van der Waals surface area (Å²) in [5.74, 6) is -0.119. The van der Waals surface area contributed by atoms with Crippen molar-refractivity contribution in [2.75, 3.05) is 31.5 Å². The number of rotatable bonds is 4. The summed E-state index contributed by atoms with van der Waals surface area (Å²) in [4.78, 5) is 28.2. The number of carbonyl (C=O) groups excluding carboxylic acids is 2. The van der Waals surface area contributed by atoms with E-state index in [2.05, 4.69) is 41.4 Å². The Morgan fingerprint density at radius 1 is 1.00 bits per heavy atom. The normalized spacial score (nSPS) is 14.9. The molecule has 1 saturated heterocycles. The van der Waals surface area contributed by atoms with Gasteiger partial charge in [0.2, 0.25) is 5.91 Å². The van der Waals surface area contributed by atoms with E-state index in [1.807, 2.05) is 4.90 Å². The molecule has 1 aliphatic heterocycles. The van der Waals surface area contributed by atoms with E-state index < -0.39 is 0 Å². The smallest absolute Gasteiger partial charge is 0.254 e. The summed E-state index contributed by atoms with van der Waals surface area (Å²) in [5, 5.41) is 2.72. The minimum atomic E-state index is -0.139. The maximum Gasteiger partial charge on any atom is 0.254 e. The summed E-state index contributed by atoms with van der Waals surface area (Å²) in [6.07, 6.45) is 0. The molecule has 1 heterocycles. The SMILES string of the molecule is CC(=O)Nc1cccc(C(=O)N2CCN(Cc3cccc(C)c3)CC2)c1. The van der Waals surface area contributed by atoms with Crippen molar-refractivity contribution in [3.05, 3.63) is 65.2 Å². The van der Waals surface area contributed by atoms with Crippen molar-refractivity contribution in [3.63, 3.8) is 0 Å². The fourth-order valence-corrected chi connectivity index (χ4v) is 3.29. The third-order valence-corrected chi connectivity index (χ3v) is 4.58. The molecule has 5 nitrogen and oxygen atoms in total. The van der Waals surface area contributed by atoms with Gasteiger partial charge in [0.25, 0.3) is 5.91 Å². The topological polar surface area (TPSA) is 52.7 Å². The Morgan fingerprint density at radius 3 is 2.42 bits per heavy atom. The Morgan fingerprint density at radius 2 is 1.73 bits per heavy atom. The molecule has 0 radical (unpaired) electrons. The molecule has 26 heavy (non-hydrogen) atoms. The first kappa shape index (κ1) is 18.1. The second kappa shape index (κ2) is 8.15. The Bertz CT molecular complexity index is 795. The standard InChI is InChI=1S/C21H25N3O2/c1-16-5-3-6-18(13-16)15-23-9-11-24(12-10-23)21(26)19-7-4-8-20(14-19)22-17(2)25/h3-8,13-14H,9-12,15H2,1-2H3,(H,22,25). The van der Waals surface area contributed by atoms with Crippen molar-refractivity contribution in [1.29, 1.82) is 0 Å². The molecule has 0 atom stereocenters. The second-order valence-electron chi connectivity index (χ2n) is 6.82. The van der Waals surface area contributed by atoms with Crippen LogP contribution in [0.3, 0.4) is 0 Å². The summed E-state index contributed by atoms with van der Waals surface area (Å²) < 4.78 is 0. The molecule has 1 aliphatic rings. The number of hydrogen-bond donors (Lipinski definition) is 1. The molecule has 5 heteroatoms. The number of piperazine rings is 1. The van der Waals surface area contributed by atoms with Crippen LogP contribution in [0.2, 0.25) is 0 Å². The van der Waals surface area contributed by atoms with Gasteiger partial charge in [-0.25, -0.2) is 0 Å². The zero-order valence-electron chi connectivity index (χ0n) is 15.4. The largest absolute Gasteiger partial charge is 0.336 e. The highest BCUT2D eigenvalue weighted by Crippen LogP contribution is 2.15. The minimum absolute atomic E-state index is 0.0207. The molecule has 0 aliphatic carbocycles. The van der Waals surface area contributed by atoms with Crippen molar-refractivity contribution in [2.45, 2.75) is 20.4 Å². The third kappa shape index (κ3) is 4.70. The number of nitrogens with one attached hydrogen (secondary N) is 1. The van der Waals surface area contributed by atoms with Gasteiger partial charge in [-0.3, -0.25) is 14.5 Å². The average molecular weight is 351 g/mol. The van der Waals surface area contributed by atoms with Crippen LogP contribution in [0.25, 0.3) is 0 Å². The van der Waals surface area contributed by atoms with E-state index in [0.717, 1.165) is 32.7 Å². The van der Waals surface area contributed by atoms with E-state index >= 15 is 0 Å². The summed E-state index contributed by atoms with van der Waals surface area (Å²) in [6, 6.07) is 15.7. The molecule has 2 aromatic carbocycles. The fourth-order valence-electron chi connectivity index (χ4n) is 3.29. The summed E-state index contributed by atoms with van der Waals surface area (Å²) >= 11 is 0. The zero-order chi connectivity index (χ0) is 18.5. The highest BCUT2D eigenvalue weighted by Gasteiger charge is 2.22. The lowest BCUT2D eigenvalue weighted by atomic mass is 10.1. The second-order valence-corrected chi connectivity index (χ2v) is 6.82. The Hall–Kier alpha value is -2.66. The first-order valence-electron chi connectivity index (χ1n) is 8.96. The molecule has 1 fully saturated rings. The van der Waals surface area contributed by atoms with Crippen LogP contribution in [0.5, 0.6) is 0 Å². The van der Waals surface area contributed by atoms with Gasteiger partial charge in [-0.15, -0.1) is 0 Å². The van der Waals surface area contributed by atoms with Crippen molar-refractivity contribution in [3.8, 4) is 0 Å². The zero-order valence-corrected chi connectivity index (χ0v) is 15.4. The van der Waals surface area contributed by atoms with Crippen LogP contribution < -0.4 is 5.32 Å². The monoisotopic (exact) mass is 351 g/mol. The van der Waals surface area contributed by atoms with Crippen molar-refractivity contribution in [2.24, 2.45) is 0 Å². The molecule has 0 spiro atoms.